The monoisotopic (exact) mass is 191 g/mol. The summed E-state index contributed by atoms with van der Waals surface area (Å²) in [5, 5.41) is 2.98. The van der Waals surface area contributed by atoms with Gasteiger partial charge in [0.2, 0.25) is 0 Å². The third-order valence-corrected chi connectivity index (χ3v) is 1.82. The van der Waals surface area contributed by atoms with Crippen molar-refractivity contribution in [1.82, 2.24) is 5.32 Å². The van der Waals surface area contributed by atoms with Gasteiger partial charge in [-0.2, -0.15) is 11.8 Å². The van der Waals surface area contributed by atoms with E-state index in [1.54, 1.807) is 11.8 Å². The van der Waals surface area contributed by atoms with Gasteiger partial charge in [0, 0.05) is 5.75 Å². The maximum absolute atomic E-state index is 10.9. The predicted octanol–water partition coefficient (Wildman–Crippen LogP) is 0.892. The molecule has 1 N–H and O–H groups in total. The standard InChI is InChI=1S/C8H17NO2S/c1-3-4-9-7-8(10)11-5-6-12-2/h9H,3-7H2,1-2H3. The molecule has 0 saturated heterocycles. The highest BCUT2D eigenvalue weighted by Crippen LogP contribution is 1.90. The summed E-state index contributed by atoms with van der Waals surface area (Å²) in [5.41, 5.74) is 0. The smallest absolute Gasteiger partial charge is 0.319 e. The van der Waals surface area contributed by atoms with E-state index in [1.165, 1.54) is 0 Å². The molecule has 0 heterocycles. The molecule has 0 bridgehead atoms. The van der Waals surface area contributed by atoms with Crippen LogP contribution in [-0.2, 0) is 9.53 Å². The van der Waals surface area contributed by atoms with Crippen molar-refractivity contribution in [2.45, 2.75) is 13.3 Å². The number of rotatable bonds is 7. The molecule has 3 nitrogen and oxygen atoms in total. The van der Waals surface area contributed by atoms with E-state index in [9.17, 15) is 4.79 Å². The van der Waals surface area contributed by atoms with Crippen molar-refractivity contribution < 1.29 is 9.53 Å². The maximum Gasteiger partial charge on any atom is 0.319 e. The van der Waals surface area contributed by atoms with Gasteiger partial charge in [-0.05, 0) is 19.2 Å². The summed E-state index contributed by atoms with van der Waals surface area (Å²) in [6.07, 6.45) is 3.03. The lowest BCUT2D eigenvalue weighted by Gasteiger charge is -2.03. The van der Waals surface area contributed by atoms with Crippen molar-refractivity contribution in [3.8, 4) is 0 Å². The number of nitrogens with one attached hydrogen (secondary N) is 1. The molecule has 0 saturated carbocycles. The van der Waals surface area contributed by atoms with E-state index in [2.05, 4.69) is 12.2 Å². The number of hydrogen-bond donors (Lipinski definition) is 1. The molecule has 0 aliphatic rings. The van der Waals surface area contributed by atoms with Crippen molar-refractivity contribution in [3.63, 3.8) is 0 Å². The van der Waals surface area contributed by atoms with Crippen LogP contribution in [0.5, 0.6) is 0 Å². The van der Waals surface area contributed by atoms with Crippen LogP contribution in [0.3, 0.4) is 0 Å². The van der Waals surface area contributed by atoms with Crippen molar-refractivity contribution in [2.75, 3.05) is 31.7 Å². The normalized spacial score (nSPS) is 9.83. The molecular formula is C8H17NO2S. The van der Waals surface area contributed by atoms with Gasteiger partial charge in [-0.25, -0.2) is 0 Å². The average Bonchev–Trinajstić information content (AvgIpc) is 2.06. The molecule has 0 aromatic rings. The van der Waals surface area contributed by atoms with Gasteiger partial charge in [-0.15, -0.1) is 0 Å². The molecule has 4 heteroatoms. The van der Waals surface area contributed by atoms with Gasteiger partial charge in [-0.3, -0.25) is 4.79 Å². The maximum atomic E-state index is 10.9. The van der Waals surface area contributed by atoms with Crippen LogP contribution >= 0.6 is 11.8 Å². The van der Waals surface area contributed by atoms with Gasteiger partial charge >= 0.3 is 5.97 Å². The molecule has 0 aromatic carbocycles. The Bertz CT molecular complexity index is 108. The number of carbonyl (C=O) groups excluding carboxylic acids is 1. The van der Waals surface area contributed by atoms with E-state index in [1.807, 2.05) is 6.26 Å². The number of ether oxygens (including phenoxy) is 1. The van der Waals surface area contributed by atoms with Crippen molar-refractivity contribution in [3.05, 3.63) is 0 Å². The highest BCUT2D eigenvalue weighted by atomic mass is 32.2. The summed E-state index contributed by atoms with van der Waals surface area (Å²) in [7, 11) is 0. The summed E-state index contributed by atoms with van der Waals surface area (Å²) in [5.74, 6) is 0.719. The Hall–Kier alpha value is -0.220. The topological polar surface area (TPSA) is 38.3 Å². The third-order valence-electron chi connectivity index (χ3n) is 1.25. The summed E-state index contributed by atoms with van der Waals surface area (Å²) in [4.78, 5) is 10.9. The summed E-state index contributed by atoms with van der Waals surface area (Å²) in [6, 6.07) is 0. The van der Waals surface area contributed by atoms with Crippen LogP contribution in [0, 0.1) is 0 Å². The Morgan fingerprint density at radius 3 is 2.92 bits per heavy atom. The van der Waals surface area contributed by atoms with E-state index in [0.717, 1.165) is 18.7 Å². The second-order valence-electron chi connectivity index (χ2n) is 2.39. The van der Waals surface area contributed by atoms with E-state index in [0.29, 0.717) is 13.2 Å². The van der Waals surface area contributed by atoms with Crippen LogP contribution < -0.4 is 5.32 Å². The van der Waals surface area contributed by atoms with Crippen molar-refractivity contribution in [1.29, 1.82) is 0 Å². The van der Waals surface area contributed by atoms with Gasteiger partial charge in [0.15, 0.2) is 0 Å². The molecule has 0 aromatic heterocycles. The first-order chi connectivity index (χ1) is 5.81. The Morgan fingerprint density at radius 2 is 2.33 bits per heavy atom. The zero-order valence-electron chi connectivity index (χ0n) is 7.76. The van der Waals surface area contributed by atoms with Crippen LogP contribution in [0.2, 0.25) is 0 Å². The van der Waals surface area contributed by atoms with Crippen molar-refractivity contribution >= 4 is 17.7 Å². The molecule has 0 atom stereocenters. The first-order valence-corrected chi connectivity index (χ1v) is 5.56. The minimum absolute atomic E-state index is 0.155. The average molecular weight is 191 g/mol. The van der Waals surface area contributed by atoms with Gasteiger partial charge in [0.1, 0.15) is 6.61 Å². The van der Waals surface area contributed by atoms with Gasteiger partial charge in [0.25, 0.3) is 0 Å². The van der Waals surface area contributed by atoms with Crippen LogP contribution in [0.4, 0.5) is 0 Å². The molecule has 0 rings (SSSR count). The Balaban J connectivity index is 3.10. The lowest BCUT2D eigenvalue weighted by molar-refractivity contribution is -0.141. The summed E-state index contributed by atoms with van der Waals surface area (Å²) in [6.45, 7) is 3.79. The van der Waals surface area contributed by atoms with E-state index in [4.69, 9.17) is 4.74 Å². The number of hydrogen-bond acceptors (Lipinski definition) is 4. The quantitative estimate of drug-likeness (QED) is 0.479. The lowest BCUT2D eigenvalue weighted by Crippen LogP contribution is -2.25. The zero-order chi connectivity index (χ0) is 9.23. The molecule has 0 aliphatic heterocycles. The lowest BCUT2D eigenvalue weighted by atomic mass is 10.5. The fourth-order valence-electron chi connectivity index (χ4n) is 0.657. The number of esters is 1. The molecule has 0 unspecified atom stereocenters. The second-order valence-corrected chi connectivity index (χ2v) is 3.38. The summed E-state index contributed by atoms with van der Waals surface area (Å²) >= 11 is 1.67. The Morgan fingerprint density at radius 1 is 1.58 bits per heavy atom. The number of carbonyl (C=O) groups is 1. The second kappa shape index (κ2) is 8.87. The Kier molecular flexibility index (Phi) is 8.71. The zero-order valence-corrected chi connectivity index (χ0v) is 8.58. The highest BCUT2D eigenvalue weighted by Gasteiger charge is 1.99. The SMILES string of the molecule is CCCNCC(=O)OCCSC. The highest BCUT2D eigenvalue weighted by molar-refractivity contribution is 7.98. The molecule has 0 fully saturated rings. The van der Waals surface area contributed by atoms with Crippen LogP contribution in [0.15, 0.2) is 0 Å². The fraction of sp³-hybridized carbons (Fsp3) is 0.875. The molecule has 0 amide bonds. The molecule has 72 valence electrons. The van der Waals surface area contributed by atoms with Gasteiger partial charge < -0.3 is 10.1 Å². The minimum Gasteiger partial charge on any atom is -0.464 e. The molecular weight excluding hydrogens is 174 g/mol. The van der Waals surface area contributed by atoms with Crippen molar-refractivity contribution in [2.24, 2.45) is 0 Å². The van der Waals surface area contributed by atoms with E-state index >= 15 is 0 Å². The van der Waals surface area contributed by atoms with Gasteiger partial charge in [-0.1, -0.05) is 6.92 Å². The molecule has 0 radical (unpaired) electrons. The number of thioether (sulfide) groups is 1. The first-order valence-electron chi connectivity index (χ1n) is 4.16. The first kappa shape index (κ1) is 11.8. The predicted molar refractivity (Wildman–Crippen MR) is 52.5 cm³/mol. The molecule has 12 heavy (non-hydrogen) atoms. The minimum atomic E-state index is -0.155. The molecule has 0 spiro atoms. The van der Waals surface area contributed by atoms with Crippen LogP contribution in [0.25, 0.3) is 0 Å². The van der Waals surface area contributed by atoms with Crippen LogP contribution in [-0.4, -0.2) is 37.7 Å². The largest absolute Gasteiger partial charge is 0.464 e. The van der Waals surface area contributed by atoms with Gasteiger partial charge in [0.05, 0.1) is 6.54 Å². The third kappa shape index (κ3) is 7.88. The Labute approximate surface area is 78.2 Å². The van der Waals surface area contributed by atoms with E-state index < -0.39 is 0 Å². The van der Waals surface area contributed by atoms with Crippen LogP contribution in [0.1, 0.15) is 13.3 Å². The van der Waals surface area contributed by atoms with E-state index in [-0.39, 0.29) is 5.97 Å². The summed E-state index contributed by atoms with van der Waals surface area (Å²) < 4.78 is 4.91. The molecule has 0 aliphatic carbocycles. The fourth-order valence-corrected chi connectivity index (χ4v) is 0.907.